The molecule has 0 unspecified atom stereocenters. The first kappa shape index (κ1) is 18.4. The molecule has 3 rings (SSSR count). The van der Waals surface area contributed by atoms with Gasteiger partial charge in [0.2, 0.25) is 0 Å². The number of hydrogen-bond acceptors (Lipinski definition) is 5. The Morgan fingerprint density at radius 2 is 1.81 bits per heavy atom. The number of sulfone groups is 1. The van der Waals surface area contributed by atoms with E-state index in [0.29, 0.717) is 12.1 Å². The van der Waals surface area contributed by atoms with Gasteiger partial charge in [0, 0.05) is 15.3 Å². The van der Waals surface area contributed by atoms with Crippen LogP contribution in [-0.2, 0) is 28.6 Å². The molecule has 2 aromatic heterocycles. The summed E-state index contributed by atoms with van der Waals surface area (Å²) in [6, 6.07) is 13.7. The smallest absolute Gasteiger partial charge is 0.287 e. The Balaban J connectivity index is 1.70. The predicted molar refractivity (Wildman–Crippen MR) is 101 cm³/mol. The summed E-state index contributed by atoms with van der Waals surface area (Å²) in [5.41, 5.74) is 0.353. The minimum Gasteiger partial charge on any atom is -0.459 e. The SMILES string of the molecule is CCc1ccc(CNC(=O)c2occc2CS(=O)(=O)c2ccccc2)s1. The first-order valence-corrected chi connectivity index (χ1v) is 10.7. The number of amides is 1. The Hall–Kier alpha value is -2.38. The minimum absolute atomic E-state index is 0.0387. The van der Waals surface area contributed by atoms with Crippen molar-refractivity contribution in [3.8, 4) is 0 Å². The fraction of sp³-hybridized carbons (Fsp3) is 0.211. The van der Waals surface area contributed by atoms with Crippen LogP contribution in [-0.4, -0.2) is 14.3 Å². The second-order valence-corrected chi connectivity index (χ2v) is 8.99. The monoisotopic (exact) mass is 389 g/mol. The van der Waals surface area contributed by atoms with Crippen molar-refractivity contribution >= 4 is 27.1 Å². The number of thiophene rings is 1. The molecular weight excluding hydrogens is 370 g/mol. The summed E-state index contributed by atoms with van der Waals surface area (Å²) in [6.07, 6.45) is 2.30. The normalized spacial score (nSPS) is 11.4. The highest BCUT2D eigenvalue weighted by Crippen LogP contribution is 2.21. The van der Waals surface area contributed by atoms with E-state index in [0.717, 1.165) is 11.3 Å². The summed E-state index contributed by atoms with van der Waals surface area (Å²) in [6.45, 7) is 2.46. The molecule has 0 radical (unpaired) electrons. The molecule has 7 heteroatoms. The number of benzene rings is 1. The van der Waals surface area contributed by atoms with Gasteiger partial charge in [-0.3, -0.25) is 4.79 Å². The Morgan fingerprint density at radius 3 is 2.50 bits per heavy atom. The number of furan rings is 1. The van der Waals surface area contributed by atoms with E-state index < -0.39 is 15.7 Å². The highest BCUT2D eigenvalue weighted by Gasteiger charge is 2.22. The maximum Gasteiger partial charge on any atom is 0.287 e. The Labute approximate surface area is 156 Å². The number of rotatable bonds is 7. The predicted octanol–water partition coefficient (Wildman–Crippen LogP) is 3.81. The van der Waals surface area contributed by atoms with Crippen LogP contribution >= 0.6 is 11.3 Å². The minimum atomic E-state index is -3.54. The summed E-state index contributed by atoms with van der Waals surface area (Å²) in [5.74, 6) is -0.661. The molecule has 2 heterocycles. The second-order valence-electron chi connectivity index (χ2n) is 5.75. The fourth-order valence-corrected chi connectivity index (χ4v) is 4.79. The van der Waals surface area contributed by atoms with Crippen molar-refractivity contribution in [2.45, 2.75) is 30.5 Å². The summed E-state index contributed by atoms with van der Waals surface area (Å²) >= 11 is 1.64. The molecule has 0 aliphatic rings. The van der Waals surface area contributed by atoms with E-state index >= 15 is 0 Å². The van der Waals surface area contributed by atoms with Gasteiger partial charge in [0.15, 0.2) is 15.6 Å². The summed E-state index contributed by atoms with van der Waals surface area (Å²) in [4.78, 5) is 14.9. The second kappa shape index (κ2) is 7.88. The van der Waals surface area contributed by atoms with Crippen molar-refractivity contribution in [1.29, 1.82) is 0 Å². The van der Waals surface area contributed by atoms with Crippen LogP contribution in [0.3, 0.4) is 0 Å². The van der Waals surface area contributed by atoms with E-state index in [1.807, 2.05) is 12.1 Å². The fourth-order valence-electron chi connectivity index (χ4n) is 2.52. The lowest BCUT2D eigenvalue weighted by Gasteiger charge is -2.06. The van der Waals surface area contributed by atoms with Crippen molar-refractivity contribution in [3.63, 3.8) is 0 Å². The number of carbonyl (C=O) groups is 1. The Kier molecular flexibility index (Phi) is 5.58. The van der Waals surface area contributed by atoms with E-state index in [1.54, 1.807) is 29.5 Å². The molecular formula is C19H19NO4S2. The number of hydrogen-bond donors (Lipinski definition) is 1. The molecule has 1 N–H and O–H groups in total. The topological polar surface area (TPSA) is 76.4 Å². The van der Waals surface area contributed by atoms with E-state index in [9.17, 15) is 13.2 Å². The van der Waals surface area contributed by atoms with Crippen molar-refractivity contribution in [3.05, 3.63) is 75.9 Å². The molecule has 136 valence electrons. The van der Waals surface area contributed by atoms with Crippen LogP contribution in [0.15, 0.2) is 64.1 Å². The average Bonchev–Trinajstić information content (AvgIpc) is 3.29. The molecule has 0 aliphatic carbocycles. The number of carbonyl (C=O) groups excluding carboxylic acids is 1. The maximum absolute atomic E-state index is 12.5. The van der Waals surface area contributed by atoms with Crippen LogP contribution in [0.1, 0.15) is 32.8 Å². The zero-order valence-electron chi connectivity index (χ0n) is 14.3. The van der Waals surface area contributed by atoms with Gasteiger partial charge >= 0.3 is 0 Å². The zero-order valence-corrected chi connectivity index (χ0v) is 15.9. The van der Waals surface area contributed by atoms with Crippen LogP contribution < -0.4 is 5.32 Å². The van der Waals surface area contributed by atoms with E-state index in [2.05, 4.69) is 12.2 Å². The molecule has 0 saturated carbocycles. The summed E-state index contributed by atoms with van der Waals surface area (Å²) < 4.78 is 30.3. The lowest BCUT2D eigenvalue weighted by atomic mass is 10.2. The van der Waals surface area contributed by atoms with Crippen LogP contribution in [0.5, 0.6) is 0 Å². The molecule has 0 atom stereocenters. The van der Waals surface area contributed by atoms with Crippen LogP contribution in [0.4, 0.5) is 0 Å². The van der Waals surface area contributed by atoms with Gasteiger partial charge in [-0.1, -0.05) is 25.1 Å². The lowest BCUT2D eigenvalue weighted by Crippen LogP contribution is -2.23. The van der Waals surface area contributed by atoms with Gasteiger partial charge in [-0.15, -0.1) is 11.3 Å². The van der Waals surface area contributed by atoms with E-state index in [-0.39, 0.29) is 16.4 Å². The van der Waals surface area contributed by atoms with Gasteiger partial charge in [0.25, 0.3) is 5.91 Å². The lowest BCUT2D eigenvalue weighted by molar-refractivity contribution is 0.0922. The van der Waals surface area contributed by atoms with Crippen molar-refractivity contribution < 1.29 is 17.6 Å². The number of aryl methyl sites for hydroxylation is 1. The van der Waals surface area contributed by atoms with Gasteiger partial charge < -0.3 is 9.73 Å². The van der Waals surface area contributed by atoms with E-state index in [4.69, 9.17) is 4.42 Å². The van der Waals surface area contributed by atoms with Crippen molar-refractivity contribution in [2.75, 3.05) is 0 Å². The molecule has 0 bridgehead atoms. The van der Waals surface area contributed by atoms with Gasteiger partial charge in [0.05, 0.1) is 23.5 Å². The number of nitrogens with one attached hydrogen (secondary N) is 1. The maximum atomic E-state index is 12.5. The Bertz CT molecular complexity index is 987. The molecule has 1 amide bonds. The zero-order chi connectivity index (χ0) is 18.6. The molecule has 0 fully saturated rings. The highest BCUT2D eigenvalue weighted by atomic mass is 32.2. The molecule has 3 aromatic rings. The summed E-state index contributed by atoms with van der Waals surface area (Å²) in [7, 11) is -3.54. The third-order valence-corrected chi connectivity index (χ3v) is 6.80. The molecule has 0 aliphatic heterocycles. The van der Waals surface area contributed by atoms with Crippen molar-refractivity contribution in [2.24, 2.45) is 0 Å². The van der Waals surface area contributed by atoms with Crippen molar-refractivity contribution in [1.82, 2.24) is 5.32 Å². The molecule has 26 heavy (non-hydrogen) atoms. The highest BCUT2D eigenvalue weighted by molar-refractivity contribution is 7.90. The quantitative estimate of drug-likeness (QED) is 0.667. The first-order chi connectivity index (χ1) is 12.5. The summed E-state index contributed by atoms with van der Waals surface area (Å²) in [5, 5.41) is 2.79. The molecule has 0 saturated heterocycles. The molecule has 5 nitrogen and oxygen atoms in total. The van der Waals surface area contributed by atoms with Crippen LogP contribution in [0.25, 0.3) is 0 Å². The van der Waals surface area contributed by atoms with Gasteiger partial charge in [-0.05, 0) is 36.8 Å². The van der Waals surface area contributed by atoms with Crippen LogP contribution in [0, 0.1) is 0 Å². The molecule has 1 aromatic carbocycles. The first-order valence-electron chi connectivity index (χ1n) is 8.19. The largest absolute Gasteiger partial charge is 0.459 e. The third-order valence-electron chi connectivity index (χ3n) is 3.89. The van der Waals surface area contributed by atoms with Gasteiger partial charge in [-0.2, -0.15) is 0 Å². The van der Waals surface area contributed by atoms with E-state index in [1.165, 1.54) is 29.3 Å². The van der Waals surface area contributed by atoms with Gasteiger partial charge in [-0.25, -0.2) is 8.42 Å². The Morgan fingerprint density at radius 1 is 1.08 bits per heavy atom. The standard InChI is InChI=1S/C19H19NO4S2/c1-2-15-8-9-16(25-15)12-20-19(21)18-14(10-11-24-18)13-26(22,23)17-6-4-3-5-7-17/h3-11H,2,12-13H2,1H3,(H,20,21). The van der Waals surface area contributed by atoms with Crippen LogP contribution in [0.2, 0.25) is 0 Å². The third kappa shape index (κ3) is 4.23. The average molecular weight is 389 g/mol. The van der Waals surface area contributed by atoms with Gasteiger partial charge in [0.1, 0.15) is 0 Å². The molecule has 0 spiro atoms.